The fraction of sp³-hybridized carbons (Fsp3) is 0.310. The molecule has 0 radical (unpaired) electrons. The highest BCUT2D eigenvalue weighted by Gasteiger charge is 2.31. The highest BCUT2D eigenvalue weighted by atomic mass is 35.5. The van der Waals surface area contributed by atoms with Crippen LogP contribution >= 0.6 is 23.2 Å². The molecular weight excluding hydrogens is 511 g/mol. The Morgan fingerprint density at radius 2 is 1.68 bits per heavy atom. The third-order valence-electron chi connectivity index (χ3n) is 5.69. The summed E-state index contributed by atoms with van der Waals surface area (Å²) in [6.45, 7) is 4.45. The van der Waals surface area contributed by atoms with Crippen LogP contribution in [0.3, 0.4) is 0 Å². The van der Waals surface area contributed by atoms with Crippen molar-refractivity contribution in [3.05, 3.63) is 94.0 Å². The van der Waals surface area contributed by atoms with E-state index in [0.29, 0.717) is 34.5 Å². The average Bonchev–Trinajstić information content (AvgIpc) is 2.89. The number of carbonyl (C=O) groups is 2. The van der Waals surface area contributed by atoms with Gasteiger partial charge in [0, 0.05) is 24.5 Å². The Labute approximate surface area is 228 Å². The van der Waals surface area contributed by atoms with E-state index in [4.69, 9.17) is 32.7 Å². The molecule has 1 N–H and O–H groups in total. The van der Waals surface area contributed by atoms with Crippen LogP contribution in [0.4, 0.5) is 0 Å². The number of hydrogen-bond acceptors (Lipinski definition) is 4. The number of benzene rings is 3. The summed E-state index contributed by atoms with van der Waals surface area (Å²) >= 11 is 12.2. The molecule has 0 heterocycles. The highest BCUT2D eigenvalue weighted by molar-refractivity contribution is 6.35. The third-order valence-corrected chi connectivity index (χ3v) is 6.22. The molecule has 3 rings (SSSR count). The predicted molar refractivity (Wildman–Crippen MR) is 147 cm³/mol. The van der Waals surface area contributed by atoms with Crippen LogP contribution in [0.25, 0.3) is 0 Å². The molecule has 0 aliphatic rings. The Kier molecular flexibility index (Phi) is 10.7. The first-order valence-electron chi connectivity index (χ1n) is 12.1. The first-order valence-corrected chi connectivity index (χ1v) is 12.8. The highest BCUT2D eigenvalue weighted by Crippen LogP contribution is 2.28. The minimum Gasteiger partial charge on any atom is -0.497 e. The van der Waals surface area contributed by atoms with Crippen LogP contribution in [0, 0.1) is 5.92 Å². The van der Waals surface area contributed by atoms with E-state index in [0.717, 1.165) is 11.1 Å². The molecule has 0 saturated carbocycles. The molecule has 3 aromatic rings. The second kappa shape index (κ2) is 13.9. The van der Waals surface area contributed by atoms with Crippen LogP contribution in [0.15, 0.2) is 72.8 Å². The van der Waals surface area contributed by atoms with Gasteiger partial charge in [0.1, 0.15) is 17.5 Å². The lowest BCUT2D eigenvalue weighted by molar-refractivity contribution is -0.142. The molecule has 0 aliphatic carbocycles. The fourth-order valence-corrected chi connectivity index (χ4v) is 4.22. The number of nitrogens with one attached hydrogen (secondary N) is 1. The zero-order chi connectivity index (χ0) is 26.8. The Morgan fingerprint density at radius 1 is 0.946 bits per heavy atom. The largest absolute Gasteiger partial charge is 0.497 e. The lowest BCUT2D eigenvalue weighted by Gasteiger charge is -2.32. The quantitative estimate of drug-likeness (QED) is 0.314. The van der Waals surface area contributed by atoms with Gasteiger partial charge >= 0.3 is 0 Å². The molecule has 0 aromatic heterocycles. The Hall–Kier alpha value is -3.22. The standard InChI is InChI=1S/C29H32Cl2N2O4/c1-20(2)17-32-29(35)26(15-21-8-5-4-6-9-21)33(18-22-10-7-11-24(14-22)36-3)28(34)19-37-27-13-12-23(30)16-25(27)31/h4-14,16,20,26H,15,17-19H2,1-3H3,(H,32,35)/t26-/m0/s1. The van der Waals surface area contributed by atoms with Gasteiger partial charge in [0.2, 0.25) is 5.91 Å². The van der Waals surface area contributed by atoms with Crippen molar-refractivity contribution in [3.8, 4) is 11.5 Å². The molecule has 2 amide bonds. The number of halogens is 2. The van der Waals surface area contributed by atoms with Crippen LogP contribution in [0.5, 0.6) is 11.5 Å². The van der Waals surface area contributed by atoms with Crippen LogP contribution < -0.4 is 14.8 Å². The Balaban J connectivity index is 1.92. The zero-order valence-corrected chi connectivity index (χ0v) is 22.8. The summed E-state index contributed by atoms with van der Waals surface area (Å²) < 4.78 is 11.1. The maximum atomic E-state index is 13.6. The average molecular weight is 543 g/mol. The summed E-state index contributed by atoms with van der Waals surface area (Å²) in [7, 11) is 1.59. The van der Waals surface area contributed by atoms with Crippen molar-refractivity contribution in [1.82, 2.24) is 10.2 Å². The van der Waals surface area contributed by atoms with Gasteiger partial charge in [0.25, 0.3) is 5.91 Å². The normalized spacial score (nSPS) is 11.6. The summed E-state index contributed by atoms with van der Waals surface area (Å²) in [5, 5.41) is 3.77. The molecule has 196 valence electrons. The van der Waals surface area contributed by atoms with Crippen LogP contribution in [0.2, 0.25) is 10.0 Å². The van der Waals surface area contributed by atoms with Crippen molar-refractivity contribution < 1.29 is 19.1 Å². The van der Waals surface area contributed by atoms with E-state index < -0.39 is 6.04 Å². The fourth-order valence-electron chi connectivity index (χ4n) is 3.76. The predicted octanol–water partition coefficient (Wildman–Crippen LogP) is 5.79. The second-order valence-electron chi connectivity index (χ2n) is 9.08. The first kappa shape index (κ1) is 28.4. The molecule has 1 atom stereocenters. The summed E-state index contributed by atoms with van der Waals surface area (Å²) in [6, 6.07) is 21.1. The van der Waals surface area contributed by atoms with Gasteiger partial charge in [-0.2, -0.15) is 0 Å². The minimum atomic E-state index is -0.760. The molecule has 6 nitrogen and oxygen atoms in total. The first-order chi connectivity index (χ1) is 17.8. The van der Waals surface area contributed by atoms with Crippen LogP contribution in [0.1, 0.15) is 25.0 Å². The monoisotopic (exact) mass is 542 g/mol. The number of rotatable bonds is 12. The molecule has 8 heteroatoms. The smallest absolute Gasteiger partial charge is 0.261 e. The van der Waals surface area contributed by atoms with E-state index in [1.54, 1.807) is 30.2 Å². The van der Waals surface area contributed by atoms with Gasteiger partial charge in [-0.05, 0) is 47.4 Å². The molecule has 0 spiro atoms. The lowest BCUT2D eigenvalue weighted by Crippen LogP contribution is -2.52. The number of nitrogens with zero attached hydrogens (tertiary/aromatic N) is 1. The molecule has 0 fully saturated rings. The summed E-state index contributed by atoms with van der Waals surface area (Å²) in [5.74, 6) is 0.689. The summed E-state index contributed by atoms with van der Waals surface area (Å²) in [5.41, 5.74) is 1.77. The van der Waals surface area contributed by atoms with Crippen LogP contribution in [-0.4, -0.2) is 43.0 Å². The van der Waals surface area contributed by atoms with Gasteiger partial charge in [-0.25, -0.2) is 0 Å². The minimum absolute atomic E-state index is 0.195. The summed E-state index contributed by atoms with van der Waals surface area (Å²) in [6.07, 6.45) is 0.349. The topological polar surface area (TPSA) is 67.9 Å². The molecule has 0 bridgehead atoms. The van der Waals surface area contributed by atoms with Gasteiger partial charge in [0.05, 0.1) is 12.1 Å². The number of ether oxygens (including phenoxy) is 2. The Bertz CT molecular complexity index is 1190. The van der Waals surface area contributed by atoms with Gasteiger partial charge in [0.15, 0.2) is 6.61 Å². The number of amides is 2. The van der Waals surface area contributed by atoms with E-state index in [9.17, 15) is 9.59 Å². The maximum Gasteiger partial charge on any atom is 0.261 e. The molecule has 3 aromatic carbocycles. The van der Waals surface area contributed by atoms with E-state index in [2.05, 4.69) is 5.32 Å². The SMILES string of the molecule is COc1cccc(CN(C(=O)COc2ccc(Cl)cc2Cl)[C@@H](Cc2ccccc2)C(=O)NCC(C)C)c1. The summed E-state index contributed by atoms with van der Waals surface area (Å²) in [4.78, 5) is 28.7. The number of carbonyl (C=O) groups excluding carboxylic acids is 2. The van der Waals surface area contributed by atoms with Crippen molar-refractivity contribution in [1.29, 1.82) is 0 Å². The van der Waals surface area contributed by atoms with E-state index >= 15 is 0 Å². The van der Waals surface area contributed by atoms with Gasteiger partial charge < -0.3 is 19.7 Å². The van der Waals surface area contributed by atoms with Crippen molar-refractivity contribution in [2.45, 2.75) is 32.9 Å². The molecule has 0 aliphatic heterocycles. The van der Waals surface area contributed by atoms with Gasteiger partial charge in [-0.1, -0.05) is 79.5 Å². The van der Waals surface area contributed by atoms with Crippen molar-refractivity contribution >= 4 is 35.0 Å². The lowest BCUT2D eigenvalue weighted by atomic mass is 10.0. The van der Waals surface area contributed by atoms with E-state index in [-0.39, 0.29) is 30.9 Å². The van der Waals surface area contributed by atoms with Crippen LogP contribution in [-0.2, 0) is 22.6 Å². The molecule has 37 heavy (non-hydrogen) atoms. The van der Waals surface area contributed by atoms with Gasteiger partial charge in [-0.3, -0.25) is 9.59 Å². The zero-order valence-electron chi connectivity index (χ0n) is 21.2. The molecule has 0 unspecified atom stereocenters. The number of methoxy groups -OCH3 is 1. The van der Waals surface area contributed by atoms with Gasteiger partial charge in [-0.15, -0.1) is 0 Å². The maximum absolute atomic E-state index is 13.6. The molecular formula is C29H32Cl2N2O4. The van der Waals surface area contributed by atoms with Crippen molar-refractivity contribution in [2.75, 3.05) is 20.3 Å². The number of hydrogen-bond donors (Lipinski definition) is 1. The van der Waals surface area contributed by atoms with E-state index in [1.165, 1.54) is 0 Å². The van der Waals surface area contributed by atoms with Crippen molar-refractivity contribution in [2.24, 2.45) is 5.92 Å². The van der Waals surface area contributed by atoms with Crippen molar-refractivity contribution in [3.63, 3.8) is 0 Å². The van der Waals surface area contributed by atoms with E-state index in [1.807, 2.05) is 68.4 Å². The molecule has 0 saturated heterocycles. The third kappa shape index (κ3) is 8.69. The Morgan fingerprint density at radius 3 is 2.35 bits per heavy atom. The second-order valence-corrected chi connectivity index (χ2v) is 9.92.